The van der Waals surface area contributed by atoms with Gasteiger partial charge in [0, 0.05) is 24.2 Å². The number of nitrogens with two attached hydrogens (primary N) is 1. The lowest BCUT2D eigenvalue weighted by Crippen LogP contribution is -2.41. The number of aliphatic carboxylic acids is 1. The Hall–Kier alpha value is -2.57. The standard InChI is InChI=1S/C15H21N3O4/c1-3-17-11-5-4-10(8-9(11)2)14(20)18-12(15(21)22)6-7-13(16)19/h4-5,8,12,17H,3,6-7H2,1-2H3,(H2,16,19)(H,18,20)(H,21,22)/t12-/m0/s1. The molecule has 2 amide bonds. The molecule has 1 rings (SSSR count). The van der Waals surface area contributed by atoms with E-state index in [-0.39, 0.29) is 12.8 Å². The zero-order valence-corrected chi connectivity index (χ0v) is 12.7. The number of hydrogen-bond acceptors (Lipinski definition) is 4. The summed E-state index contributed by atoms with van der Waals surface area (Å²) in [6.45, 7) is 4.59. The zero-order valence-electron chi connectivity index (χ0n) is 12.7. The van der Waals surface area contributed by atoms with Crippen LogP contribution in [0.4, 0.5) is 5.69 Å². The highest BCUT2D eigenvalue weighted by atomic mass is 16.4. The maximum atomic E-state index is 12.1. The summed E-state index contributed by atoms with van der Waals surface area (Å²) >= 11 is 0. The van der Waals surface area contributed by atoms with Crippen LogP contribution in [0, 0.1) is 6.92 Å². The van der Waals surface area contributed by atoms with E-state index in [9.17, 15) is 14.4 Å². The SMILES string of the molecule is CCNc1ccc(C(=O)N[C@@H](CCC(N)=O)C(=O)O)cc1C. The Labute approximate surface area is 128 Å². The number of aryl methyl sites for hydroxylation is 1. The highest BCUT2D eigenvalue weighted by Crippen LogP contribution is 2.16. The summed E-state index contributed by atoms with van der Waals surface area (Å²) in [7, 11) is 0. The van der Waals surface area contributed by atoms with Crippen LogP contribution in [-0.2, 0) is 9.59 Å². The van der Waals surface area contributed by atoms with Gasteiger partial charge in [-0.3, -0.25) is 9.59 Å². The molecule has 0 heterocycles. The minimum absolute atomic E-state index is 0.0368. The van der Waals surface area contributed by atoms with E-state index in [1.165, 1.54) is 0 Å². The third kappa shape index (κ3) is 5.08. The number of anilines is 1. The van der Waals surface area contributed by atoms with Crippen LogP contribution >= 0.6 is 0 Å². The second-order valence-electron chi connectivity index (χ2n) is 4.93. The van der Waals surface area contributed by atoms with E-state index in [0.717, 1.165) is 17.8 Å². The van der Waals surface area contributed by atoms with Gasteiger partial charge in [-0.2, -0.15) is 0 Å². The summed E-state index contributed by atoms with van der Waals surface area (Å²) in [6.07, 6.45) is -0.138. The fourth-order valence-electron chi connectivity index (χ4n) is 1.98. The van der Waals surface area contributed by atoms with Crippen molar-refractivity contribution in [3.8, 4) is 0 Å². The van der Waals surface area contributed by atoms with E-state index >= 15 is 0 Å². The molecule has 0 aliphatic heterocycles. The van der Waals surface area contributed by atoms with Crippen LogP contribution < -0.4 is 16.4 Å². The fraction of sp³-hybridized carbons (Fsp3) is 0.400. The number of carbonyl (C=O) groups excluding carboxylic acids is 2. The van der Waals surface area contributed by atoms with Gasteiger partial charge in [0.1, 0.15) is 6.04 Å². The maximum absolute atomic E-state index is 12.1. The van der Waals surface area contributed by atoms with Crippen LogP contribution in [0.3, 0.4) is 0 Å². The van der Waals surface area contributed by atoms with Crippen molar-refractivity contribution in [2.24, 2.45) is 5.73 Å². The molecule has 0 radical (unpaired) electrons. The van der Waals surface area contributed by atoms with Crippen molar-refractivity contribution in [2.75, 3.05) is 11.9 Å². The molecule has 0 saturated carbocycles. The average Bonchev–Trinajstić information content (AvgIpc) is 2.44. The number of carboxylic acid groups (broad SMARTS) is 1. The molecule has 0 spiro atoms. The van der Waals surface area contributed by atoms with Crippen LogP contribution in [0.25, 0.3) is 0 Å². The van der Waals surface area contributed by atoms with Crippen LogP contribution in [0.2, 0.25) is 0 Å². The first-order valence-electron chi connectivity index (χ1n) is 7.01. The Morgan fingerprint density at radius 3 is 2.50 bits per heavy atom. The smallest absolute Gasteiger partial charge is 0.326 e. The molecule has 0 aliphatic carbocycles. The summed E-state index contributed by atoms with van der Waals surface area (Å²) in [6, 6.07) is 3.93. The van der Waals surface area contributed by atoms with Crippen molar-refractivity contribution in [3.05, 3.63) is 29.3 Å². The number of hydrogen-bond donors (Lipinski definition) is 4. The van der Waals surface area contributed by atoms with Crippen molar-refractivity contribution in [3.63, 3.8) is 0 Å². The first-order valence-corrected chi connectivity index (χ1v) is 7.01. The van der Waals surface area contributed by atoms with Gasteiger partial charge in [-0.05, 0) is 44.0 Å². The van der Waals surface area contributed by atoms with Crippen molar-refractivity contribution in [2.45, 2.75) is 32.7 Å². The fourth-order valence-corrected chi connectivity index (χ4v) is 1.98. The van der Waals surface area contributed by atoms with Gasteiger partial charge in [0.25, 0.3) is 5.91 Å². The molecule has 1 atom stereocenters. The molecular weight excluding hydrogens is 286 g/mol. The maximum Gasteiger partial charge on any atom is 0.326 e. The Morgan fingerprint density at radius 1 is 1.32 bits per heavy atom. The average molecular weight is 307 g/mol. The van der Waals surface area contributed by atoms with Gasteiger partial charge in [-0.25, -0.2) is 4.79 Å². The van der Waals surface area contributed by atoms with E-state index in [0.29, 0.717) is 5.56 Å². The van der Waals surface area contributed by atoms with Crippen LogP contribution in [0.5, 0.6) is 0 Å². The van der Waals surface area contributed by atoms with Gasteiger partial charge in [0.2, 0.25) is 5.91 Å². The van der Waals surface area contributed by atoms with Gasteiger partial charge in [-0.1, -0.05) is 0 Å². The minimum atomic E-state index is -1.20. The van der Waals surface area contributed by atoms with Crippen molar-refractivity contribution >= 4 is 23.5 Å². The molecular formula is C15H21N3O4. The van der Waals surface area contributed by atoms with E-state index in [1.54, 1.807) is 18.2 Å². The van der Waals surface area contributed by atoms with Crippen molar-refractivity contribution in [1.82, 2.24) is 5.32 Å². The van der Waals surface area contributed by atoms with Crippen LogP contribution in [0.15, 0.2) is 18.2 Å². The molecule has 0 aliphatic rings. The Kier molecular flexibility index (Phi) is 6.37. The molecule has 22 heavy (non-hydrogen) atoms. The van der Waals surface area contributed by atoms with E-state index in [2.05, 4.69) is 10.6 Å². The molecule has 0 fully saturated rings. The van der Waals surface area contributed by atoms with E-state index < -0.39 is 23.8 Å². The minimum Gasteiger partial charge on any atom is -0.480 e. The first kappa shape index (κ1) is 17.5. The largest absolute Gasteiger partial charge is 0.480 e. The second-order valence-corrected chi connectivity index (χ2v) is 4.93. The third-order valence-electron chi connectivity index (χ3n) is 3.14. The molecule has 0 bridgehead atoms. The number of carboxylic acids is 1. The predicted octanol–water partition coefficient (Wildman–Crippen LogP) is 0.875. The highest BCUT2D eigenvalue weighted by Gasteiger charge is 2.21. The van der Waals surface area contributed by atoms with Gasteiger partial charge in [-0.15, -0.1) is 0 Å². The highest BCUT2D eigenvalue weighted by molar-refractivity contribution is 5.97. The molecule has 0 unspecified atom stereocenters. The van der Waals surface area contributed by atoms with Crippen molar-refractivity contribution < 1.29 is 19.5 Å². The van der Waals surface area contributed by atoms with Gasteiger partial charge in [0.15, 0.2) is 0 Å². The second kappa shape index (κ2) is 8.02. The summed E-state index contributed by atoms with van der Waals surface area (Å²) in [5.41, 5.74) is 7.17. The topological polar surface area (TPSA) is 122 Å². The summed E-state index contributed by atoms with van der Waals surface area (Å²) in [4.78, 5) is 34.0. The molecule has 0 aromatic heterocycles. The van der Waals surface area contributed by atoms with E-state index in [4.69, 9.17) is 10.8 Å². The summed E-state index contributed by atoms with van der Waals surface area (Å²) in [5.74, 6) is -2.30. The number of benzene rings is 1. The molecule has 7 nitrogen and oxygen atoms in total. The molecule has 1 aromatic carbocycles. The number of amides is 2. The van der Waals surface area contributed by atoms with Gasteiger partial charge >= 0.3 is 5.97 Å². The van der Waals surface area contributed by atoms with Gasteiger partial charge < -0.3 is 21.5 Å². The molecule has 7 heteroatoms. The quantitative estimate of drug-likeness (QED) is 0.568. The molecule has 0 saturated heterocycles. The normalized spacial score (nSPS) is 11.5. The number of primary amides is 1. The lowest BCUT2D eigenvalue weighted by Gasteiger charge is -2.15. The number of nitrogens with one attached hydrogen (secondary N) is 2. The lowest BCUT2D eigenvalue weighted by atomic mass is 10.1. The Balaban J connectivity index is 2.79. The van der Waals surface area contributed by atoms with Crippen LogP contribution in [0.1, 0.15) is 35.7 Å². The Morgan fingerprint density at radius 2 is 2.00 bits per heavy atom. The molecule has 1 aromatic rings. The third-order valence-corrected chi connectivity index (χ3v) is 3.14. The lowest BCUT2D eigenvalue weighted by molar-refractivity contribution is -0.139. The monoisotopic (exact) mass is 307 g/mol. The summed E-state index contributed by atoms with van der Waals surface area (Å²) in [5, 5.41) is 14.6. The zero-order chi connectivity index (χ0) is 16.7. The van der Waals surface area contributed by atoms with Gasteiger partial charge in [0.05, 0.1) is 0 Å². The first-order chi connectivity index (χ1) is 10.3. The Bertz CT molecular complexity index is 572. The molecule has 5 N–H and O–H groups in total. The number of rotatable bonds is 8. The van der Waals surface area contributed by atoms with Crippen molar-refractivity contribution in [1.29, 1.82) is 0 Å². The summed E-state index contributed by atoms with van der Waals surface area (Å²) < 4.78 is 0. The van der Waals surface area contributed by atoms with E-state index in [1.807, 2.05) is 13.8 Å². The number of carbonyl (C=O) groups is 3. The molecule has 120 valence electrons. The van der Waals surface area contributed by atoms with Crippen LogP contribution in [-0.4, -0.2) is 35.5 Å². The predicted molar refractivity (Wildman–Crippen MR) is 82.7 cm³/mol.